The molecule has 0 saturated heterocycles. The first-order valence-corrected chi connectivity index (χ1v) is 3.48. The minimum Gasteiger partial charge on any atom is -0.325 e. The number of hydrogen-bond donors (Lipinski definition) is 1. The minimum absolute atomic E-state index is 0.380. The van der Waals surface area contributed by atoms with E-state index >= 15 is 0 Å². The molecule has 0 saturated carbocycles. The van der Waals surface area contributed by atoms with E-state index in [0.29, 0.717) is 6.54 Å². The number of aliphatic imine (C=N–C) groups is 2. The Morgan fingerprint density at radius 3 is 3.17 bits per heavy atom. The van der Waals surface area contributed by atoms with Gasteiger partial charge in [-0.3, -0.25) is 4.99 Å². The van der Waals surface area contributed by atoms with Gasteiger partial charge in [0.25, 0.3) is 0 Å². The first-order valence-electron chi connectivity index (χ1n) is 3.48. The number of rotatable bonds is 3. The van der Waals surface area contributed by atoms with Crippen LogP contribution in [-0.4, -0.2) is 22.6 Å². The van der Waals surface area contributed by atoms with Gasteiger partial charge in [-0.25, -0.2) is 9.98 Å². The molecule has 1 aromatic heterocycles. The lowest BCUT2D eigenvalue weighted by molar-refractivity contribution is 0.910. The first-order chi connectivity index (χ1) is 5.79. The average molecular weight is 165 g/mol. The molecule has 1 rings (SSSR count). The smallest absolute Gasteiger partial charge is 0.158 e. The molecular formula is C7H11N5. The Hall–Kier alpha value is -1.49. The minimum atomic E-state index is 0.380. The normalized spacial score (nSPS) is 10.8. The van der Waals surface area contributed by atoms with Crippen molar-refractivity contribution in [1.82, 2.24) is 9.55 Å². The fourth-order valence-electron chi connectivity index (χ4n) is 0.877. The third-order valence-corrected chi connectivity index (χ3v) is 1.43. The molecule has 0 bridgehead atoms. The van der Waals surface area contributed by atoms with E-state index in [4.69, 9.17) is 5.73 Å². The lowest BCUT2D eigenvalue weighted by Gasteiger charge is -1.95. The Bertz CT molecular complexity index is 299. The second-order valence-electron chi connectivity index (χ2n) is 2.26. The van der Waals surface area contributed by atoms with Gasteiger partial charge in [-0.15, -0.1) is 0 Å². The summed E-state index contributed by atoms with van der Waals surface area (Å²) in [5.74, 6) is 0.727. The van der Waals surface area contributed by atoms with Crippen molar-refractivity contribution in [3.8, 4) is 0 Å². The van der Waals surface area contributed by atoms with E-state index in [1.807, 2.05) is 7.05 Å². The molecule has 0 atom stereocenters. The monoisotopic (exact) mass is 165 g/mol. The van der Waals surface area contributed by atoms with Gasteiger partial charge in [-0.2, -0.15) is 0 Å². The quantitative estimate of drug-likeness (QED) is 0.515. The Labute approximate surface area is 70.7 Å². The summed E-state index contributed by atoms with van der Waals surface area (Å²) in [4.78, 5) is 11.6. The van der Waals surface area contributed by atoms with Crippen LogP contribution in [0.1, 0.15) is 5.69 Å². The van der Waals surface area contributed by atoms with Crippen LogP contribution in [0, 0.1) is 0 Å². The highest BCUT2D eigenvalue weighted by atomic mass is 15.1. The van der Waals surface area contributed by atoms with Crippen LogP contribution in [0.3, 0.4) is 0 Å². The van der Waals surface area contributed by atoms with Crippen molar-refractivity contribution >= 4 is 18.9 Å². The van der Waals surface area contributed by atoms with Crippen molar-refractivity contribution in [3.05, 3.63) is 12.0 Å². The molecule has 0 spiro atoms. The van der Waals surface area contributed by atoms with Gasteiger partial charge in [0.2, 0.25) is 0 Å². The fourth-order valence-corrected chi connectivity index (χ4v) is 0.877. The SMILES string of the molecule is C=N/C=N\c1c(CN)ncn1C. The number of hydrogen-bond acceptors (Lipinski definition) is 3. The number of nitrogens with zero attached hydrogens (tertiary/aromatic N) is 4. The van der Waals surface area contributed by atoms with E-state index in [1.165, 1.54) is 6.34 Å². The van der Waals surface area contributed by atoms with Crippen LogP contribution < -0.4 is 5.73 Å². The van der Waals surface area contributed by atoms with E-state index < -0.39 is 0 Å². The molecule has 0 unspecified atom stereocenters. The number of aryl methyl sites for hydroxylation is 1. The van der Waals surface area contributed by atoms with Gasteiger partial charge in [0.05, 0.1) is 12.0 Å². The highest BCUT2D eigenvalue weighted by Gasteiger charge is 2.03. The van der Waals surface area contributed by atoms with Gasteiger partial charge in [-0.05, 0) is 6.72 Å². The van der Waals surface area contributed by atoms with Crippen LogP contribution in [0.4, 0.5) is 5.82 Å². The molecule has 5 heteroatoms. The third-order valence-electron chi connectivity index (χ3n) is 1.43. The first kappa shape index (κ1) is 8.61. The molecule has 0 aliphatic rings. The summed E-state index contributed by atoms with van der Waals surface area (Å²) in [7, 11) is 1.85. The molecule has 0 radical (unpaired) electrons. The van der Waals surface area contributed by atoms with Crippen LogP contribution in [0.15, 0.2) is 16.3 Å². The van der Waals surface area contributed by atoms with E-state index in [1.54, 1.807) is 10.9 Å². The lowest BCUT2D eigenvalue weighted by Crippen LogP contribution is -1.97. The van der Waals surface area contributed by atoms with Crippen LogP contribution in [0.5, 0.6) is 0 Å². The van der Waals surface area contributed by atoms with Gasteiger partial charge in [0, 0.05) is 13.6 Å². The average Bonchev–Trinajstić information content (AvgIpc) is 2.43. The molecule has 0 aliphatic carbocycles. The summed E-state index contributed by atoms with van der Waals surface area (Å²) in [6.07, 6.45) is 3.04. The second kappa shape index (κ2) is 3.77. The van der Waals surface area contributed by atoms with Crippen LogP contribution in [-0.2, 0) is 13.6 Å². The van der Waals surface area contributed by atoms with Crippen molar-refractivity contribution in [3.63, 3.8) is 0 Å². The predicted molar refractivity (Wildman–Crippen MR) is 48.8 cm³/mol. The van der Waals surface area contributed by atoms with E-state index in [0.717, 1.165) is 11.5 Å². The molecule has 2 N–H and O–H groups in total. The zero-order valence-electron chi connectivity index (χ0n) is 6.94. The summed E-state index contributed by atoms with van der Waals surface area (Å²) >= 11 is 0. The van der Waals surface area contributed by atoms with E-state index in [9.17, 15) is 0 Å². The molecule has 0 aliphatic heterocycles. The lowest BCUT2D eigenvalue weighted by atomic mass is 10.4. The van der Waals surface area contributed by atoms with E-state index in [2.05, 4.69) is 21.7 Å². The summed E-state index contributed by atoms with van der Waals surface area (Å²) < 4.78 is 1.78. The molecule has 0 fully saturated rings. The van der Waals surface area contributed by atoms with Gasteiger partial charge in [0.1, 0.15) is 6.34 Å². The third kappa shape index (κ3) is 1.57. The van der Waals surface area contributed by atoms with Gasteiger partial charge in [0.15, 0.2) is 5.82 Å². The number of aromatic nitrogens is 2. The van der Waals surface area contributed by atoms with Crippen molar-refractivity contribution in [1.29, 1.82) is 0 Å². The van der Waals surface area contributed by atoms with Crippen molar-refractivity contribution in [2.75, 3.05) is 0 Å². The molecule has 0 amide bonds. The van der Waals surface area contributed by atoms with Crippen LogP contribution >= 0.6 is 0 Å². The topological polar surface area (TPSA) is 68.6 Å². The summed E-state index contributed by atoms with van der Waals surface area (Å²) in [6.45, 7) is 3.66. The van der Waals surface area contributed by atoms with Crippen LogP contribution in [0.25, 0.3) is 0 Å². The molecular weight excluding hydrogens is 154 g/mol. The summed E-state index contributed by atoms with van der Waals surface area (Å²) in [6, 6.07) is 0. The van der Waals surface area contributed by atoms with Crippen LogP contribution in [0.2, 0.25) is 0 Å². The van der Waals surface area contributed by atoms with Crippen molar-refractivity contribution in [2.45, 2.75) is 6.54 Å². The zero-order valence-corrected chi connectivity index (χ0v) is 6.94. The Kier molecular flexibility index (Phi) is 2.71. The second-order valence-corrected chi connectivity index (χ2v) is 2.26. The predicted octanol–water partition coefficient (Wildman–Crippen LogP) is 0.239. The number of nitrogens with two attached hydrogens (primary N) is 1. The highest BCUT2D eigenvalue weighted by molar-refractivity contribution is 5.65. The zero-order chi connectivity index (χ0) is 8.97. The maximum absolute atomic E-state index is 5.44. The van der Waals surface area contributed by atoms with Crippen molar-refractivity contribution < 1.29 is 0 Å². The maximum Gasteiger partial charge on any atom is 0.158 e. The Morgan fingerprint density at radius 2 is 2.58 bits per heavy atom. The standard InChI is InChI=1S/C7H11N5/c1-9-4-10-7-6(3-8)11-5-12(7)2/h4-5H,1,3,8H2,2H3/b10-4-. The fraction of sp³-hybridized carbons (Fsp3) is 0.286. The summed E-state index contributed by atoms with van der Waals surface area (Å²) in [5, 5.41) is 0. The molecule has 12 heavy (non-hydrogen) atoms. The number of imidazole rings is 1. The Morgan fingerprint density at radius 1 is 1.83 bits per heavy atom. The summed E-state index contributed by atoms with van der Waals surface area (Å²) in [5.41, 5.74) is 6.20. The van der Waals surface area contributed by atoms with Gasteiger partial charge < -0.3 is 10.3 Å². The molecule has 5 nitrogen and oxygen atoms in total. The molecule has 1 aromatic rings. The molecule has 64 valence electrons. The largest absolute Gasteiger partial charge is 0.325 e. The van der Waals surface area contributed by atoms with Crippen molar-refractivity contribution in [2.24, 2.45) is 22.8 Å². The van der Waals surface area contributed by atoms with E-state index in [-0.39, 0.29) is 0 Å². The Balaban J connectivity index is 3.01. The maximum atomic E-state index is 5.44. The molecule has 1 heterocycles. The molecule has 0 aromatic carbocycles. The van der Waals surface area contributed by atoms with Gasteiger partial charge >= 0.3 is 0 Å². The highest BCUT2D eigenvalue weighted by Crippen LogP contribution is 2.14. The van der Waals surface area contributed by atoms with Gasteiger partial charge in [-0.1, -0.05) is 0 Å².